The number of rotatable bonds is 9. The minimum atomic E-state index is -3.80. The smallest absolute Gasteiger partial charge is 0.388 e. The van der Waals surface area contributed by atoms with E-state index in [1.54, 1.807) is 24.6 Å². The Morgan fingerprint density at radius 3 is 2.34 bits per heavy atom. The van der Waals surface area contributed by atoms with Crippen molar-refractivity contribution in [3.8, 4) is 17.2 Å². The number of imidazole rings is 1. The molecule has 1 saturated carbocycles. The summed E-state index contributed by atoms with van der Waals surface area (Å²) in [7, 11) is 1.56. The minimum absolute atomic E-state index is 0.0586. The van der Waals surface area contributed by atoms with Gasteiger partial charge in [-0.05, 0) is 125 Å². The fraction of sp³-hybridized carbons (Fsp3) is 0.375. The number of aromatic nitrogens is 7. The number of carbonyl (C=O) groups excluding carboxylic acids is 1. The summed E-state index contributed by atoms with van der Waals surface area (Å²) in [6, 6.07) is 12.1. The first-order valence-corrected chi connectivity index (χ1v) is 22.1. The number of fused-ring (bicyclic) bond motifs is 2. The Kier molecular flexibility index (Phi) is 9.99. The number of carbonyl (C=O) groups is 1. The molecule has 3 N–H and O–H groups in total. The zero-order chi connectivity index (χ0) is 47.6. The SMILES string of the molecule is CNc1ccc(-n2ccn(-c3c4c(nn3-c3cc(C)c(F)c(C)c3)C(F)(F)CN(C(=O)c3cc5cc(C6CCOC(C)(C)C6)ccc5n3C3(c5noc(=O)[nH]5)CC3C)C4C)c2=O)c(F)c1C=N. The van der Waals surface area contributed by atoms with E-state index in [0.717, 1.165) is 43.3 Å². The van der Waals surface area contributed by atoms with E-state index in [-0.39, 0.29) is 68.4 Å². The van der Waals surface area contributed by atoms with Gasteiger partial charge in [-0.25, -0.2) is 23.1 Å². The highest BCUT2D eigenvalue weighted by atomic mass is 19.3. The Morgan fingerprint density at radius 2 is 1.70 bits per heavy atom. The quantitative estimate of drug-likeness (QED) is 0.0961. The number of nitrogens with zero attached hydrogens (tertiary/aromatic N) is 7. The predicted molar refractivity (Wildman–Crippen MR) is 241 cm³/mol. The van der Waals surface area contributed by atoms with Gasteiger partial charge in [0.05, 0.1) is 35.1 Å². The molecule has 1 aliphatic carbocycles. The minimum Gasteiger partial charge on any atom is -0.388 e. The van der Waals surface area contributed by atoms with Crippen molar-refractivity contribution in [2.45, 2.75) is 89.8 Å². The lowest BCUT2D eigenvalue weighted by Crippen LogP contribution is -2.47. The molecule has 2 fully saturated rings. The number of anilines is 1. The lowest BCUT2D eigenvalue weighted by molar-refractivity contribution is -0.0593. The fourth-order valence-electron chi connectivity index (χ4n) is 10.5. The van der Waals surface area contributed by atoms with Crippen LogP contribution in [0.15, 0.2) is 75.0 Å². The van der Waals surface area contributed by atoms with Crippen LogP contribution >= 0.6 is 0 Å². The summed E-state index contributed by atoms with van der Waals surface area (Å²) in [6.07, 6.45) is 5.36. The molecule has 7 aromatic rings. The Hall–Kier alpha value is -7.02. The molecule has 2 aliphatic heterocycles. The average Bonchev–Trinajstić information content (AvgIpc) is 3.79. The molecule has 4 unspecified atom stereocenters. The van der Waals surface area contributed by atoms with Crippen LogP contribution in [0.3, 0.4) is 0 Å². The number of alkyl halides is 2. The van der Waals surface area contributed by atoms with Gasteiger partial charge >= 0.3 is 17.4 Å². The summed E-state index contributed by atoms with van der Waals surface area (Å²) in [6.45, 7) is 10.1. The van der Waals surface area contributed by atoms with Crippen LogP contribution in [0.1, 0.15) is 109 Å². The van der Waals surface area contributed by atoms with Gasteiger partial charge in [-0.2, -0.15) is 13.9 Å². The topological polar surface area (TPSA) is 174 Å². The van der Waals surface area contributed by atoms with Gasteiger partial charge in [0.25, 0.3) is 5.91 Å². The van der Waals surface area contributed by atoms with Crippen molar-refractivity contribution in [3.63, 3.8) is 0 Å². The van der Waals surface area contributed by atoms with Crippen molar-refractivity contribution in [1.29, 1.82) is 5.41 Å². The summed E-state index contributed by atoms with van der Waals surface area (Å²) in [5.41, 5.74) is -0.937. The fourth-order valence-corrected chi connectivity index (χ4v) is 10.5. The average molecular weight is 921 g/mol. The van der Waals surface area contributed by atoms with E-state index >= 15 is 22.4 Å². The Balaban J connectivity index is 1.16. The molecule has 4 aromatic heterocycles. The maximum absolute atomic E-state index is 17.1. The number of aromatic amines is 1. The monoisotopic (exact) mass is 920 g/mol. The van der Waals surface area contributed by atoms with E-state index in [4.69, 9.17) is 14.7 Å². The zero-order valence-corrected chi connectivity index (χ0v) is 37.8. The molecule has 67 heavy (non-hydrogen) atoms. The van der Waals surface area contributed by atoms with Crippen LogP contribution in [0.25, 0.3) is 28.1 Å². The van der Waals surface area contributed by atoms with E-state index in [0.29, 0.717) is 29.6 Å². The third-order valence-electron chi connectivity index (χ3n) is 14.0. The molecule has 0 spiro atoms. The molecule has 0 radical (unpaired) electrons. The number of H-pyrrole nitrogens is 1. The van der Waals surface area contributed by atoms with Crippen LogP contribution in [-0.4, -0.2) is 76.4 Å². The number of aryl methyl sites for hydroxylation is 2. The van der Waals surface area contributed by atoms with E-state index < -0.39 is 58.7 Å². The van der Waals surface area contributed by atoms with Crippen LogP contribution in [0.5, 0.6) is 0 Å². The van der Waals surface area contributed by atoms with Gasteiger partial charge in [-0.3, -0.25) is 23.4 Å². The van der Waals surface area contributed by atoms with Gasteiger partial charge < -0.3 is 24.9 Å². The highest BCUT2D eigenvalue weighted by molar-refractivity contribution is 6.00. The highest BCUT2D eigenvalue weighted by Gasteiger charge is 2.60. The molecular formula is C48H48F4N10O5. The highest BCUT2D eigenvalue weighted by Crippen LogP contribution is 2.56. The summed E-state index contributed by atoms with van der Waals surface area (Å²) in [5.74, 6) is -6.75. The number of amides is 1. The van der Waals surface area contributed by atoms with Gasteiger partial charge in [0.1, 0.15) is 28.6 Å². The number of ether oxygens (including phenoxy) is 1. The van der Waals surface area contributed by atoms with Gasteiger partial charge in [0.2, 0.25) is 0 Å². The van der Waals surface area contributed by atoms with E-state index in [9.17, 15) is 9.59 Å². The van der Waals surface area contributed by atoms with E-state index in [2.05, 4.69) is 20.6 Å². The second-order valence-corrected chi connectivity index (χ2v) is 18.7. The molecule has 6 heterocycles. The standard InChI is InChI=1S/C48H48F4N10O5/c1-24-16-31(17-25(2)38(24)49)62-41(59-14-13-58(45(59)65)35-11-9-33(54-7)32(22-53)39(35)50)37-27(4)60(23-48(51,52)40(37)56-62)42(63)36-19-30-18-28(29-12-15-66-46(5,6)21-29)8-10-34(30)61(36)47(20-26(47)3)43-55-44(64)67-57-43/h8-11,13-14,16-19,22,26-27,29,53-54H,12,15,20-21,23H2,1-7H3,(H,55,57,64). The third-order valence-corrected chi connectivity index (χ3v) is 14.0. The molecule has 1 saturated heterocycles. The molecule has 348 valence electrons. The Labute approximate surface area is 380 Å². The van der Waals surface area contributed by atoms with Gasteiger partial charge in [0, 0.05) is 54.4 Å². The summed E-state index contributed by atoms with van der Waals surface area (Å²) < 4.78 is 81.4. The Bertz CT molecular complexity index is 3300. The zero-order valence-electron chi connectivity index (χ0n) is 37.8. The van der Waals surface area contributed by atoms with Crippen molar-refractivity contribution < 1.29 is 31.6 Å². The van der Waals surface area contributed by atoms with Crippen molar-refractivity contribution in [3.05, 3.63) is 139 Å². The van der Waals surface area contributed by atoms with Crippen molar-refractivity contribution in [2.24, 2.45) is 5.92 Å². The number of hydrogen-bond acceptors (Lipinski definition) is 9. The van der Waals surface area contributed by atoms with Crippen LogP contribution < -0.4 is 16.8 Å². The molecule has 19 heteroatoms. The maximum atomic E-state index is 17.1. The third kappa shape index (κ3) is 6.71. The molecule has 10 rings (SSSR count). The number of nitrogens with one attached hydrogen (secondary N) is 3. The van der Waals surface area contributed by atoms with Gasteiger partial charge in [-0.15, -0.1) is 0 Å². The van der Waals surface area contributed by atoms with Crippen LogP contribution in [0.2, 0.25) is 0 Å². The molecule has 15 nitrogen and oxygen atoms in total. The summed E-state index contributed by atoms with van der Waals surface area (Å²) >= 11 is 0. The van der Waals surface area contributed by atoms with Crippen LogP contribution in [-0.2, 0) is 16.2 Å². The van der Waals surface area contributed by atoms with Gasteiger partial charge in [-0.1, -0.05) is 18.1 Å². The second kappa shape index (κ2) is 15.3. The number of benzene rings is 3. The normalized spacial score (nSPS) is 22.0. The molecule has 3 aromatic carbocycles. The number of hydrogen-bond donors (Lipinski definition) is 3. The van der Waals surface area contributed by atoms with E-state index in [1.807, 2.05) is 39.0 Å². The first kappa shape index (κ1) is 43.9. The molecule has 4 atom stereocenters. The lowest BCUT2D eigenvalue weighted by atomic mass is 9.83. The summed E-state index contributed by atoms with van der Waals surface area (Å²) in [5, 5.41) is 19.9. The van der Waals surface area contributed by atoms with E-state index in [1.165, 1.54) is 50.5 Å². The molecule has 3 aliphatic rings. The maximum Gasteiger partial charge on any atom is 0.438 e. The van der Waals surface area contributed by atoms with Crippen LogP contribution in [0.4, 0.5) is 23.2 Å². The molecular weight excluding hydrogens is 873 g/mol. The number of halogens is 4. The Morgan fingerprint density at radius 1 is 0.985 bits per heavy atom. The molecule has 1 amide bonds. The molecule has 0 bridgehead atoms. The summed E-state index contributed by atoms with van der Waals surface area (Å²) in [4.78, 5) is 46.2. The largest absolute Gasteiger partial charge is 0.438 e. The van der Waals surface area contributed by atoms with Crippen molar-refractivity contribution >= 4 is 28.7 Å². The van der Waals surface area contributed by atoms with Crippen LogP contribution in [0, 0.1) is 36.8 Å². The first-order valence-electron chi connectivity index (χ1n) is 22.1. The van der Waals surface area contributed by atoms with Gasteiger partial charge in [0.15, 0.2) is 11.6 Å². The van der Waals surface area contributed by atoms with Crippen molar-refractivity contribution in [2.75, 3.05) is 25.5 Å². The van der Waals surface area contributed by atoms with Crippen molar-refractivity contribution in [1.82, 2.24) is 38.5 Å². The lowest BCUT2D eigenvalue weighted by Gasteiger charge is -2.37. The predicted octanol–water partition coefficient (Wildman–Crippen LogP) is 8.14. The first-order chi connectivity index (χ1) is 31.8. The second-order valence-electron chi connectivity index (χ2n) is 18.7.